The van der Waals surface area contributed by atoms with E-state index in [-0.39, 0.29) is 5.91 Å². The lowest BCUT2D eigenvalue weighted by molar-refractivity contribution is -0.119. The Hall–Kier alpha value is -0.550. The predicted octanol–water partition coefficient (Wildman–Crippen LogP) is 2.85. The zero-order valence-electron chi connectivity index (χ0n) is 10.5. The number of aryl methyl sites for hydroxylation is 1. The van der Waals surface area contributed by atoms with Gasteiger partial charge in [-0.25, -0.2) is 4.98 Å². The van der Waals surface area contributed by atoms with Crippen LogP contribution in [0.25, 0.3) is 0 Å². The van der Waals surface area contributed by atoms with Crippen LogP contribution >= 0.6 is 23.1 Å². The number of hydrogen-bond acceptors (Lipinski definition) is 4. The van der Waals surface area contributed by atoms with Gasteiger partial charge in [0.15, 0.2) is 4.34 Å². The number of thioether (sulfide) groups is 1. The van der Waals surface area contributed by atoms with Crippen molar-refractivity contribution in [2.24, 2.45) is 11.8 Å². The second kappa shape index (κ2) is 5.21. The molecule has 0 aromatic carbocycles. The molecule has 18 heavy (non-hydrogen) atoms. The zero-order valence-corrected chi connectivity index (χ0v) is 12.1. The normalized spacial score (nSPS) is 19.2. The molecule has 2 saturated carbocycles. The van der Waals surface area contributed by atoms with Crippen LogP contribution < -0.4 is 5.32 Å². The zero-order chi connectivity index (χ0) is 12.5. The fourth-order valence-corrected chi connectivity index (χ4v) is 3.95. The molecule has 2 aliphatic carbocycles. The summed E-state index contributed by atoms with van der Waals surface area (Å²) in [5.74, 6) is 2.22. The number of rotatable bonds is 6. The van der Waals surface area contributed by atoms with Crippen molar-refractivity contribution in [3.63, 3.8) is 0 Å². The molecule has 0 bridgehead atoms. The van der Waals surface area contributed by atoms with Crippen LogP contribution in [0.2, 0.25) is 0 Å². The Morgan fingerprint density at radius 2 is 2.17 bits per heavy atom. The van der Waals surface area contributed by atoms with E-state index in [9.17, 15) is 4.79 Å². The van der Waals surface area contributed by atoms with E-state index in [1.807, 2.05) is 12.3 Å². The number of carbonyl (C=O) groups is 1. The molecule has 5 heteroatoms. The molecule has 3 nitrogen and oxygen atoms in total. The third-order valence-electron chi connectivity index (χ3n) is 3.51. The summed E-state index contributed by atoms with van der Waals surface area (Å²) < 4.78 is 0.997. The van der Waals surface area contributed by atoms with E-state index in [4.69, 9.17) is 0 Å². The average molecular weight is 282 g/mol. The summed E-state index contributed by atoms with van der Waals surface area (Å²) in [4.78, 5) is 16.3. The predicted molar refractivity (Wildman–Crippen MR) is 75.0 cm³/mol. The van der Waals surface area contributed by atoms with Gasteiger partial charge in [0.05, 0.1) is 5.75 Å². The molecule has 0 atom stereocenters. The van der Waals surface area contributed by atoms with Gasteiger partial charge >= 0.3 is 0 Å². The summed E-state index contributed by atoms with van der Waals surface area (Å²) >= 11 is 3.17. The first-order valence-electron chi connectivity index (χ1n) is 6.56. The first-order chi connectivity index (χ1) is 8.72. The molecule has 98 valence electrons. The van der Waals surface area contributed by atoms with Gasteiger partial charge in [0.2, 0.25) is 5.91 Å². The highest BCUT2D eigenvalue weighted by Gasteiger charge is 2.42. The Morgan fingerprint density at radius 1 is 1.50 bits per heavy atom. The monoisotopic (exact) mass is 282 g/mol. The van der Waals surface area contributed by atoms with Crippen molar-refractivity contribution in [2.75, 3.05) is 5.75 Å². The molecule has 0 saturated heterocycles. The molecule has 1 aromatic heterocycles. The van der Waals surface area contributed by atoms with Crippen molar-refractivity contribution in [3.05, 3.63) is 11.1 Å². The fourth-order valence-electron chi connectivity index (χ4n) is 2.28. The third-order valence-corrected chi connectivity index (χ3v) is 5.65. The summed E-state index contributed by atoms with van der Waals surface area (Å²) in [5, 5.41) is 5.26. The SMILES string of the molecule is Cc1csc(SCC(=O)NC(C2CC2)C2CC2)n1. The standard InChI is InChI=1S/C13H18N2OS2/c1-8-6-17-13(14-8)18-7-11(16)15-12(9-2-3-9)10-4-5-10/h6,9-10,12H,2-5,7H2,1H3,(H,15,16). The van der Waals surface area contributed by atoms with Crippen LogP contribution in [-0.4, -0.2) is 22.7 Å². The van der Waals surface area contributed by atoms with Crippen molar-refractivity contribution in [1.82, 2.24) is 10.3 Å². The third kappa shape index (κ3) is 3.26. The first kappa shape index (κ1) is 12.5. The molecular weight excluding hydrogens is 264 g/mol. The van der Waals surface area contributed by atoms with E-state index >= 15 is 0 Å². The Balaban J connectivity index is 1.46. The van der Waals surface area contributed by atoms with E-state index < -0.39 is 0 Å². The van der Waals surface area contributed by atoms with E-state index in [0.29, 0.717) is 11.8 Å². The molecule has 0 aliphatic heterocycles. The second-order valence-electron chi connectivity index (χ2n) is 5.31. The Bertz CT molecular complexity index is 426. The molecule has 0 radical (unpaired) electrons. The second-order valence-corrected chi connectivity index (χ2v) is 7.39. The minimum Gasteiger partial charge on any atom is -0.352 e. The van der Waals surface area contributed by atoms with Crippen LogP contribution in [-0.2, 0) is 4.79 Å². The maximum atomic E-state index is 11.9. The number of nitrogens with one attached hydrogen (secondary N) is 1. The quantitative estimate of drug-likeness (QED) is 0.816. The lowest BCUT2D eigenvalue weighted by Crippen LogP contribution is -2.39. The van der Waals surface area contributed by atoms with Crippen LogP contribution in [0.15, 0.2) is 9.72 Å². The number of thiazole rings is 1. The van der Waals surface area contributed by atoms with Crippen LogP contribution in [0.4, 0.5) is 0 Å². The first-order valence-corrected chi connectivity index (χ1v) is 8.43. The molecular formula is C13H18N2OS2. The molecule has 2 fully saturated rings. The lowest BCUT2D eigenvalue weighted by atomic mass is 10.1. The van der Waals surface area contributed by atoms with Gasteiger partial charge in [-0.2, -0.15) is 0 Å². The Morgan fingerprint density at radius 3 is 2.67 bits per heavy atom. The minimum absolute atomic E-state index is 0.177. The van der Waals surface area contributed by atoms with Crippen molar-refractivity contribution in [2.45, 2.75) is 43.0 Å². The number of aromatic nitrogens is 1. The highest BCUT2D eigenvalue weighted by atomic mass is 32.2. The van der Waals surface area contributed by atoms with E-state index in [0.717, 1.165) is 21.9 Å². The van der Waals surface area contributed by atoms with Gasteiger partial charge in [-0.3, -0.25) is 4.79 Å². The molecule has 0 unspecified atom stereocenters. The van der Waals surface area contributed by atoms with Crippen molar-refractivity contribution >= 4 is 29.0 Å². The highest BCUT2D eigenvalue weighted by molar-refractivity contribution is 8.01. The van der Waals surface area contributed by atoms with Gasteiger partial charge in [0.1, 0.15) is 0 Å². The van der Waals surface area contributed by atoms with Crippen LogP contribution in [0.3, 0.4) is 0 Å². The largest absolute Gasteiger partial charge is 0.352 e. The van der Waals surface area contributed by atoms with E-state index in [1.54, 1.807) is 23.1 Å². The summed E-state index contributed by atoms with van der Waals surface area (Å²) in [6.45, 7) is 1.98. The number of nitrogens with zero attached hydrogens (tertiary/aromatic N) is 1. The highest BCUT2D eigenvalue weighted by Crippen LogP contribution is 2.44. The van der Waals surface area contributed by atoms with Crippen LogP contribution in [0.1, 0.15) is 31.4 Å². The maximum Gasteiger partial charge on any atom is 0.230 e. The average Bonchev–Trinajstić information content (AvgIpc) is 3.23. The topological polar surface area (TPSA) is 42.0 Å². The molecule has 2 aliphatic rings. The summed E-state index contributed by atoms with van der Waals surface area (Å²) in [7, 11) is 0. The molecule has 1 amide bonds. The van der Waals surface area contributed by atoms with Gasteiger partial charge in [-0.1, -0.05) is 11.8 Å². The summed E-state index contributed by atoms with van der Waals surface area (Å²) in [6, 6.07) is 0.469. The molecule has 3 rings (SSSR count). The summed E-state index contributed by atoms with van der Waals surface area (Å²) in [5.41, 5.74) is 1.04. The molecule has 1 aromatic rings. The molecule has 1 heterocycles. The van der Waals surface area contributed by atoms with E-state index in [2.05, 4.69) is 10.3 Å². The Kier molecular flexibility index (Phi) is 3.61. The maximum absolute atomic E-state index is 11.9. The van der Waals surface area contributed by atoms with Crippen molar-refractivity contribution < 1.29 is 4.79 Å². The smallest absolute Gasteiger partial charge is 0.230 e. The lowest BCUT2D eigenvalue weighted by Gasteiger charge is -2.17. The minimum atomic E-state index is 0.177. The fraction of sp³-hybridized carbons (Fsp3) is 0.692. The van der Waals surface area contributed by atoms with Crippen molar-refractivity contribution in [3.8, 4) is 0 Å². The van der Waals surface area contributed by atoms with Gasteiger partial charge < -0.3 is 5.32 Å². The van der Waals surface area contributed by atoms with Gasteiger partial charge in [-0.05, 0) is 44.4 Å². The van der Waals surface area contributed by atoms with Gasteiger partial charge in [0.25, 0.3) is 0 Å². The number of carbonyl (C=O) groups excluding carboxylic acids is 1. The van der Waals surface area contributed by atoms with Crippen LogP contribution in [0, 0.1) is 18.8 Å². The molecule has 0 spiro atoms. The van der Waals surface area contributed by atoms with Crippen LogP contribution in [0.5, 0.6) is 0 Å². The Labute approximate surface area is 116 Å². The van der Waals surface area contributed by atoms with Gasteiger partial charge in [0, 0.05) is 17.1 Å². The van der Waals surface area contributed by atoms with Gasteiger partial charge in [-0.15, -0.1) is 11.3 Å². The number of amides is 1. The summed E-state index contributed by atoms with van der Waals surface area (Å²) in [6.07, 6.45) is 5.22. The number of hydrogen-bond donors (Lipinski definition) is 1. The molecule has 1 N–H and O–H groups in total. The van der Waals surface area contributed by atoms with Crippen molar-refractivity contribution in [1.29, 1.82) is 0 Å². The van der Waals surface area contributed by atoms with E-state index in [1.165, 1.54) is 25.7 Å².